The van der Waals surface area contributed by atoms with Crippen molar-refractivity contribution in [2.24, 2.45) is 0 Å². The molecule has 172 valence electrons. The third-order valence-electron chi connectivity index (χ3n) is 6.31. The number of fused-ring (bicyclic) bond motifs is 1. The van der Waals surface area contributed by atoms with Crippen molar-refractivity contribution in [3.8, 4) is 6.07 Å². The highest BCUT2D eigenvalue weighted by Crippen LogP contribution is 2.33. The lowest BCUT2D eigenvalue weighted by Gasteiger charge is -2.44. The van der Waals surface area contributed by atoms with Crippen molar-refractivity contribution < 1.29 is 9.84 Å². The maximum Gasteiger partial charge on any atom is 0.118 e. The van der Waals surface area contributed by atoms with Gasteiger partial charge in [0.05, 0.1) is 24.9 Å². The molecule has 0 spiro atoms. The van der Waals surface area contributed by atoms with E-state index in [1.165, 1.54) is 11.1 Å². The van der Waals surface area contributed by atoms with Crippen LogP contribution < -0.4 is 5.32 Å². The number of benzene rings is 3. The highest BCUT2D eigenvalue weighted by Gasteiger charge is 2.34. The maximum absolute atomic E-state index is 10.5. The van der Waals surface area contributed by atoms with E-state index in [2.05, 4.69) is 69.8 Å². The monoisotopic (exact) mass is 452 g/mol. The average molecular weight is 453 g/mol. The minimum atomic E-state index is -0.627. The molecule has 1 saturated heterocycles. The smallest absolute Gasteiger partial charge is 0.118 e. The van der Waals surface area contributed by atoms with Crippen molar-refractivity contribution >= 4 is 16.6 Å². The first-order chi connectivity index (χ1) is 16.7. The molecule has 1 aromatic heterocycles. The first-order valence-corrected chi connectivity index (χ1v) is 11.6. The van der Waals surface area contributed by atoms with E-state index in [1.54, 1.807) is 0 Å². The number of nitrogens with one attached hydrogen (secondary N) is 2. The zero-order valence-corrected chi connectivity index (χ0v) is 18.9. The number of aliphatic hydroxyl groups is 1. The summed E-state index contributed by atoms with van der Waals surface area (Å²) in [4.78, 5) is 5.49. The number of rotatable bonds is 9. The van der Waals surface area contributed by atoms with Crippen LogP contribution in [0.5, 0.6) is 0 Å². The number of anilines is 1. The molecule has 1 aliphatic rings. The quantitative estimate of drug-likeness (QED) is 0.353. The molecule has 0 aliphatic carbocycles. The van der Waals surface area contributed by atoms with E-state index in [9.17, 15) is 5.11 Å². The fraction of sp³-hybridized carbons (Fsp3) is 0.250. The standard InChI is InChI=1S/C28H28N4O2/c29-15-22-14-25-26(12-7-13-27(25)31-22)30-16-23(33)19-34-24-17-32(18-24)28(20-8-3-1-4-9-20)21-10-5-2-6-11-21/h1-14,23-24,28,30-31,33H,16-19H2. The summed E-state index contributed by atoms with van der Waals surface area (Å²) >= 11 is 0. The molecule has 0 saturated carbocycles. The molecule has 6 nitrogen and oxygen atoms in total. The van der Waals surface area contributed by atoms with Gasteiger partial charge < -0.3 is 20.1 Å². The molecule has 1 unspecified atom stereocenters. The lowest BCUT2D eigenvalue weighted by Crippen LogP contribution is -2.54. The Kier molecular flexibility index (Phi) is 6.59. The molecule has 6 heteroatoms. The van der Waals surface area contributed by atoms with Crippen LogP contribution in [-0.4, -0.2) is 53.4 Å². The van der Waals surface area contributed by atoms with Gasteiger partial charge in [-0.3, -0.25) is 4.90 Å². The van der Waals surface area contributed by atoms with Crippen LogP contribution in [0.4, 0.5) is 5.69 Å². The van der Waals surface area contributed by atoms with Crippen molar-refractivity contribution in [1.29, 1.82) is 5.26 Å². The minimum absolute atomic E-state index is 0.107. The van der Waals surface area contributed by atoms with E-state index in [1.807, 2.05) is 36.4 Å². The zero-order chi connectivity index (χ0) is 23.3. The van der Waals surface area contributed by atoms with E-state index in [4.69, 9.17) is 10.00 Å². The van der Waals surface area contributed by atoms with Crippen LogP contribution in [0.1, 0.15) is 22.9 Å². The van der Waals surface area contributed by atoms with Gasteiger partial charge in [-0.15, -0.1) is 0 Å². The Labute approximate surface area is 199 Å². The third kappa shape index (κ3) is 4.82. The molecule has 0 bridgehead atoms. The van der Waals surface area contributed by atoms with E-state index in [0.29, 0.717) is 12.2 Å². The predicted molar refractivity (Wildman–Crippen MR) is 134 cm³/mol. The Morgan fingerprint density at radius 1 is 1.00 bits per heavy atom. The van der Waals surface area contributed by atoms with Gasteiger partial charge in [0, 0.05) is 36.2 Å². The van der Waals surface area contributed by atoms with Gasteiger partial charge in [-0.1, -0.05) is 66.7 Å². The van der Waals surface area contributed by atoms with Gasteiger partial charge in [-0.05, 0) is 29.3 Å². The molecule has 0 radical (unpaired) electrons. The third-order valence-corrected chi connectivity index (χ3v) is 6.31. The van der Waals surface area contributed by atoms with Crippen LogP contribution in [0.25, 0.3) is 10.9 Å². The van der Waals surface area contributed by atoms with Crippen LogP contribution in [0.2, 0.25) is 0 Å². The Morgan fingerprint density at radius 2 is 1.68 bits per heavy atom. The van der Waals surface area contributed by atoms with Crippen molar-refractivity contribution in [3.05, 3.63) is 102 Å². The lowest BCUT2D eigenvalue weighted by molar-refractivity contribution is -0.0875. The summed E-state index contributed by atoms with van der Waals surface area (Å²) in [7, 11) is 0. The van der Waals surface area contributed by atoms with Gasteiger partial charge in [0.15, 0.2) is 0 Å². The molecule has 1 atom stereocenters. The SMILES string of the molecule is N#Cc1cc2c(NCC(O)COC3CN(C(c4ccccc4)c4ccccc4)C3)cccc2[nH]1. The van der Waals surface area contributed by atoms with Crippen LogP contribution in [0.3, 0.4) is 0 Å². The highest BCUT2D eigenvalue weighted by atomic mass is 16.5. The Hall–Kier alpha value is -3.63. The van der Waals surface area contributed by atoms with Crippen molar-refractivity contribution in [2.75, 3.05) is 31.6 Å². The summed E-state index contributed by atoms with van der Waals surface area (Å²) in [5.41, 5.74) is 4.85. The molecular formula is C28H28N4O2. The molecule has 3 N–H and O–H groups in total. The molecule has 1 aliphatic heterocycles. The number of aromatic amines is 1. The van der Waals surface area contributed by atoms with Crippen molar-refractivity contribution in [2.45, 2.75) is 18.2 Å². The number of nitriles is 1. The number of hydrogen-bond donors (Lipinski definition) is 3. The second kappa shape index (κ2) is 10.1. The predicted octanol–water partition coefficient (Wildman–Crippen LogP) is 4.30. The number of ether oxygens (including phenoxy) is 1. The van der Waals surface area contributed by atoms with E-state index < -0.39 is 6.10 Å². The van der Waals surface area contributed by atoms with Gasteiger partial charge in [-0.2, -0.15) is 5.26 Å². The number of H-pyrrole nitrogens is 1. The largest absolute Gasteiger partial charge is 0.389 e. The molecule has 5 rings (SSSR count). The van der Waals surface area contributed by atoms with Crippen LogP contribution >= 0.6 is 0 Å². The molecular weight excluding hydrogens is 424 g/mol. The first kappa shape index (κ1) is 22.2. The van der Waals surface area contributed by atoms with Gasteiger partial charge in [0.1, 0.15) is 11.8 Å². The van der Waals surface area contributed by atoms with Crippen LogP contribution in [0, 0.1) is 11.3 Å². The van der Waals surface area contributed by atoms with Crippen LogP contribution in [0.15, 0.2) is 84.9 Å². The Balaban J connectivity index is 1.13. The molecule has 3 aromatic carbocycles. The highest BCUT2D eigenvalue weighted by molar-refractivity contribution is 5.93. The van der Waals surface area contributed by atoms with Gasteiger partial charge in [0.25, 0.3) is 0 Å². The number of nitrogens with zero attached hydrogens (tertiary/aromatic N) is 2. The van der Waals surface area contributed by atoms with Gasteiger partial charge in [0.2, 0.25) is 0 Å². The summed E-state index contributed by atoms with van der Waals surface area (Å²) in [5.74, 6) is 0. The average Bonchev–Trinajstić information content (AvgIpc) is 3.29. The van der Waals surface area contributed by atoms with E-state index >= 15 is 0 Å². The normalized spacial score (nSPS) is 15.2. The number of likely N-dealkylation sites (tertiary alicyclic amines) is 1. The van der Waals surface area contributed by atoms with Crippen molar-refractivity contribution in [3.63, 3.8) is 0 Å². The maximum atomic E-state index is 10.5. The second-order valence-corrected chi connectivity index (χ2v) is 8.73. The number of aromatic nitrogens is 1. The van der Waals surface area contributed by atoms with Crippen molar-refractivity contribution in [1.82, 2.24) is 9.88 Å². The summed E-state index contributed by atoms with van der Waals surface area (Å²) in [5, 5.41) is 23.8. The summed E-state index contributed by atoms with van der Waals surface area (Å²) in [6, 6.07) is 31.1. The van der Waals surface area contributed by atoms with E-state index in [-0.39, 0.29) is 18.8 Å². The molecule has 4 aromatic rings. The molecule has 0 amide bonds. The van der Waals surface area contributed by atoms with E-state index in [0.717, 1.165) is 29.7 Å². The Morgan fingerprint density at radius 3 is 2.32 bits per heavy atom. The topological polar surface area (TPSA) is 84.3 Å². The van der Waals surface area contributed by atoms with Gasteiger partial charge in [-0.25, -0.2) is 0 Å². The van der Waals surface area contributed by atoms with Gasteiger partial charge >= 0.3 is 0 Å². The fourth-order valence-corrected chi connectivity index (χ4v) is 4.57. The second-order valence-electron chi connectivity index (χ2n) is 8.73. The minimum Gasteiger partial charge on any atom is -0.389 e. The Bertz CT molecular complexity index is 1220. The molecule has 2 heterocycles. The first-order valence-electron chi connectivity index (χ1n) is 11.6. The van der Waals surface area contributed by atoms with Crippen LogP contribution in [-0.2, 0) is 4.74 Å². The summed E-state index contributed by atoms with van der Waals surface area (Å²) in [6.07, 6.45) is -0.520. The molecule has 1 fully saturated rings. The number of hydrogen-bond acceptors (Lipinski definition) is 5. The summed E-state index contributed by atoms with van der Waals surface area (Å²) in [6.45, 7) is 2.31. The fourth-order valence-electron chi connectivity index (χ4n) is 4.57. The molecule has 34 heavy (non-hydrogen) atoms. The summed E-state index contributed by atoms with van der Waals surface area (Å²) < 4.78 is 6.01. The zero-order valence-electron chi connectivity index (χ0n) is 18.9. The number of aliphatic hydroxyl groups excluding tert-OH is 1. The lowest BCUT2D eigenvalue weighted by atomic mass is 9.94.